The third-order valence-electron chi connectivity index (χ3n) is 5.54. The molecule has 1 amide bonds. The maximum absolute atomic E-state index is 12.1. The van der Waals surface area contributed by atoms with Gasteiger partial charge in [0.05, 0.1) is 36.8 Å². The van der Waals surface area contributed by atoms with Crippen molar-refractivity contribution in [3.8, 4) is 28.1 Å². The second-order valence-corrected chi connectivity index (χ2v) is 7.57. The van der Waals surface area contributed by atoms with E-state index in [4.69, 9.17) is 10.6 Å². The normalized spacial score (nSPS) is 13.6. The van der Waals surface area contributed by atoms with E-state index in [1.807, 2.05) is 46.7 Å². The molecule has 1 saturated carbocycles. The molecule has 1 aliphatic carbocycles. The summed E-state index contributed by atoms with van der Waals surface area (Å²) in [5, 5.41) is 4.48. The Morgan fingerprint density at radius 2 is 2.03 bits per heavy atom. The zero-order valence-corrected chi connectivity index (χ0v) is 16.8. The standard InChI is InChI=1S/C22H22N6O2/c1-13-7-15(8-19(30-2)21(13)22(29)26-23)18-11-24-20-9-14(5-6-27(18)20)16-10-25-28(12-16)17-3-4-17/h5-12,17H,3-4,23H2,1-2H3,(H,26,29). The molecule has 152 valence electrons. The van der Waals surface area contributed by atoms with Crippen molar-refractivity contribution in [3.63, 3.8) is 0 Å². The molecule has 8 heteroatoms. The second-order valence-electron chi connectivity index (χ2n) is 7.57. The van der Waals surface area contributed by atoms with E-state index in [9.17, 15) is 4.79 Å². The maximum Gasteiger partial charge on any atom is 0.269 e. The number of amides is 1. The van der Waals surface area contributed by atoms with E-state index in [2.05, 4.69) is 33.8 Å². The van der Waals surface area contributed by atoms with Gasteiger partial charge in [0.2, 0.25) is 0 Å². The molecule has 0 spiro atoms. The molecule has 5 rings (SSSR count). The molecule has 1 fully saturated rings. The second kappa shape index (κ2) is 7.00. The minimum Gasteiger partial charge on any atom is -0.496 e. The number of methoxy groups -OCH3 is 1. The third-order valence-corrected chi connectivity index (χ3v) is 5.54. The minimum atomic E-state index is -0.384. The highest BCUT2D eigenvalue weighted by molar-refractivity contribution is 5.98. The van der Waals surface area contributed by atoms with Crippen molar-refractivity contribution in [2.45, 2.75) is 25.8 Å². The highest BCUT2D eigenvalue weighted by Gasteiger charge is 2.24. The summed E-state index contributed by atoms with van der Waals surface area (Å²) in [7, 11) is 1.54. The maximum atomic E-state index is 12.1. The molecule has 1 aromatic carbocycles. The minimum absolute atomic E-state index is 0.384. The lowest BCUT2D eigenvalue weighted by atomic mass is 10.0. The summed E-state index contributed by atoms with van der Waals surface area (Å²) < 4.78 is 9.51. The Morgan fingerprint density at radius 1 is 1.20 bits per heavy atom. The quantitative estimate of drug-likeness (QED) is 0.304. The van der Waals surface area contributed by atoms with Crippen LogP contribution in [0.1, 0.15) is 34.8 Å². The summed E-state index contributed by atoms with van der Waals surface area (Å²) in [5.74, 6) is 5.39. The number of aromatic nitrogens is 4. The Labute approximate surface area is 173 Å². The molecule has 0 saturated heterocycles. The Kier molecular flexibility index (Phi) is 4.29. The van der Waals surface area contributed by atoms with Crippen LogP contribution in [0.25, 0.3) is 28.0 Å². The van der Waals surface area contributed by atoms with Crippen LogP contribution in [0.5, 0.6) is 5.75 Å². The number of imidazole rings is 1. The smallest absolute Gasteiger partial charge is 0.269 e. The van der Waals surface area contributed by atoms with Crippen molar-refractivity contribution in [3.05, 3.63) is 60.2 Å². The summed E-state index contributed by atoms with van der Waals surface area (Å²) in [6.45, 7) is 1.86. The summed E-state index contributed by atoms with van der Waals surface area (Å²) in [6, 6.07) is 8.44. The molecular formula is C22H22N6O2. The van der Waals surface area contributed by atoms with Crippen molar-refractivity contribution in [2.75, 3.05) is 7.11 Å². The van der Waals surface area contributed by atoms with E-state index in [0.29, 0.717) is 17.4 Å². The summed E-state index contributed by atoms with van der Waals surface area (Å²) in [6.07, 6.45) is 10.2. The Balaban J connectivity index is 1.55. The molecule has 30 heavy (non-hydrogen) atoms. The molecule has 3 heterocycles. The van der Waals surface area contributed by atoms with Crippen LogP contribution in [-0.4, -0.2) is 32.2 Å². The molecule has 0 bridgehead atoms. The number of nitrogen functional groups attached to an aromatic ring is 1. The lowest BCUT2D eigenvalue weighted by Crippen LogP contribution is -2.31. The van der Waals surface area contributed by atoms with Crippen molar-refractivity contribution < 1.29 is 9.53 Å². The Morgan fingerprint density at radius 3 is 2.77 bits per heavy atom. The average molecular weight is 402 g/mol. The first-order valence-electron chi connectivity index (χ1n) is 9.80. The topological polar surface area (TPSA) is 99.5 Å². The fourth-order valence-corrected chi connectivity index (χ4v) is 3.83. The highest BCUT2D eigenvalue weighted by Crippen LogP contribution is 2.35. The van der Waals surface area contributed by atoms with Gasteiger partial charge in [0.25, 0.3) is 5.91 Å². The van der Waals surface area contributed by atoms with Gasteiger partial charge in [0, 0.05) is 23.5 Å². The molecule has 0 aliphatic heterocycles. The van der Waals surface area contributed by atoms with Crippen molar-refractivity contribution >= 4 is 11.6 Å². The van der Waals surface area contributed by atoms with E-state index >= 15 is 0 Å². The SMILES string of the molecule is COc1cc(-c2cnc3cc(-c4cnn(C5CC5)c4)ccn23)cc(C)c1C(=O)NN. The van der Waals surface area contributed by atoms with Crippen LogP contribution in [-0.2, 0) is 0 Å². The number of benzene rings is 1. The number of rotatable bonds is 5. The number of nitrogens with zero attached hydrogens (tertiary/aromatic N) is 4. The number of hydrogen-bond donors (Lipinski definition) is 2. The average Bonchev–Trinajstić information content (AvgIpc) is 3.33. The fourth-order valence-electron chi connectivity index (χ4n) is 3.83. The molecule has 3 N–H and O–H groups in total. The van der Waals surface area contributed by atoms with Crippen molar-refractivity contribution in [1.29, 1.82) is 0 Å². The van der Waals surface area contributed by atoms with E-state index in [1.54, 1.807) is 0 Å². The summed E-state index contributed by atoms with van der Waals surface area (Å²) >= 11 is 0. The van der Waals surface area contributed by atoms with Gasteiger partial charge in [-0.25, -0.2) is 10.8 Å². The van der Waals surface area contributed by atoms with Gasteiger partial charge in [-0.15, -0.1) is 0 Å². The predicted molar refractivity (Wildman–Crippen MR) is 113 cm³/mol. The zero-order valence-electron chi connectivity index (χ0n) is 16.8. The van der Waals surface area contributed by atoms with Crippen LogP contribution in [0.3, 0.4) is 0 Å². The number of pyridine rings is 1. The summed E-state index contributed by atoms with van der Waals surface area (Å²) in [4.78, 5) is 16.7. The first-order valence-corrected chi connectivity index (χ1v) is 9.80. The van der Waals surface area contributed by atoms with Crippen LogP contribution in [0, 0.1) is 6.92 Å². The highest BCUT2D eigenvalue weighted by atomic mass is 16.5. The molecule has 8 nitrogen and oxygen atoms in total. The molecule has 3 aromatic heterocycles. The number of aryl methyl sites for hydroxylation is 1. The van der Waals surface area contributed by atoms with E-state index < -0.39 is 0 Å². The number of hydrazine groups is 1. The first-order chi connectivity index (χ1) is 14.6. The number of nitrogens with one attached hydrogen (secondary N) is 1. The number of fused-ring (bicyclic) bond motifs is 1. The number of carbonyl (C=O) groups is 1. The van der Waals surface area contributed by atoms with Crippen LogP contribution < -0.4 is 16.0 Å². The summed E-state index contributed by atoms with van der Waals surface area (Å²) in [5.41, 5.74) is 8.18. The van der Waals surface area contributed by atoms with Crippen LogP contribution in [0.4, 0.5) is 0 Å². The van der Waals surface area contributed by atoms with Crippen LogP contribution >= 0.6 is 0 Å². The van der Waals surface area contributed by atoms with Crippen LogP contribution in [0.2, 0.25) is 0 Å². The third kappa shape index (κ3) is 3.02. The van der Waals surface area contributed by atoms with Crippen molar-refractivity contribution in [2.24, 2.45) is 5.84 Å². The van der Waals surface area contributed by atoms with Gasteiger partial charge in [0.15, 0.2) is 0 Å². The lowest BCUT2D eigenvalue weighted by Gasteiger charge is -2.13. The van der Waals surface area contributed by atoms with Gasteiger partial charge in [-0.3, -0.25) is 19.3 Å². The number of carbonyl (C=O) groups excluding carboxylic acids is 1. The van der Waals surface area contributed by atoms with Gasteiger partial charge in [-0.05, 0) is 55.2 Å². The molecule has 0 radical (unpaired) electrons. The van der Waals surface area contributed by atoms with Gasteiger partial charge >= 0.3 is 0 Å². The molecule has 0 atom stereocenters. The Bertz CT molecular complexity index is 1270. The largest absolute Gasteiger partial charge is 0.496 e. The molecule has 4 aromatic rings. The van der Waals surface area contributed by atoms with Crippen LogP contribution in [0.15, 0.2) is 49.1 Å². The first kappa shape index (κ1) is 18.4. The van der Waals surface area contributed by atoms with Crippen molar-refractivity contribution in [1.82, 2.24) is 24.6 Å². The molecule has 0 unspecified atom stereocenters. The molecular weight excluding hydrogens is 380 g/mol. The zero-order chi connectivity index (χ0) is 20.8. The van der Waals surface area contributed by atoms with E-state index in [-0.39, 0.29) is 5.91 Å². The number of nitrogens with two attached hydrogens (primary N) is 1. The molecule has 1 aliphatic rings. The Hall–Kier alpha value is -3.65. The van der Waals surface area contributed by atoms with E-state index in [1.165, 1.54) is 20.0 Å². The van der Waals surface area contributed by atoms with Gasteiger partial charge in [-0.2, -0.15) is 5.10 Å². The van der Waals surface area contributed by atoms with Gasteiger partial charge < -0.3 is 4.74 Å². The van der Waals surface area contributed by atoms with Gasteiger partial charge in [-0.1, -0.05) is 0 Å². The van der Waals surface area contributed by atoms with Gasteiger partial charge in [0.1, 0.15) is 11.4 Å². The number of ether oxygens (including phenoxy) is 1. The fraction of sp³-hybridized carbons (Fsp3) is 0.227. The monoisotopic (exact) mass is 402 g/mol. The van der Waals surface area contributed by atoms with E-state index in [0.717, 1.165) is 33.6 Å². The number of hydrogen-bond acceptors (Lipinski definition) is 5. The predicted octanol–water partition coefficient (Wildman–Crippen LogP) is 3.12. The lowest BCUT2D eigenvalue weighted by molar-refractivity contribution is 0.0950.